The van der Waals surface area contributed by atoms with Crippen LogP contribution >= 0.6 is 0 Å². The molecule has 0 aliphatic rings. The van der Waals surface area contributed by atoms with Crippen molar-refractivity contribution in [2.45, 2.75) is 13.5 Å². The zero-order chi connectivity index (χ0) is 10.7. The molecule has 2 rings (SSSR count). The largest absolute Gasteiger partial charge is 0.331 e. The summed E-state index contributed by atoms with van der Waals surface area (Å²) in [7, 11) is 0. The first kappa shape index (κ1) is 9.41. The number of nitriles is 1. The Balaban J connectivity index is 2.33. The molecule has 0 aliphatic heterocycles. The van der Waals surface area contributed by atoms with Gasteiger partial charge in [-0.2, -0.15) is 5.26 Å². The van der Waals surface area contributed by atoms with E-state index >= 15 is 0 Å². The van der Waals surface area contributed by atoms with Crippen molar-refractivity contribution in [3.63, 3.8) is 0 Å². The number of imidazole rings is 1. The van der Waals surface area contributed by atoms with Crippen molar-refractivity contribution in [3.05, 3.63) is 47.8 Å². The molecule has 2 aromatic heterocycles. The van der Waals surface area contributed by atoms with Crippen LogP contribution in [0.15, 0.2) is 30.7 Å². The summed E-state index contributed by atoms with van der Waals surface area (Å²) in [5.74, 6) is 0.933. The van der Waals surface area contributed by atoms with E-state index in [2.05, 4.69) is 16.0 Å². The number of hydrogen-bond acceptors (Lipinski definition) is 3. The van der Waals surface area contributed by atoms with Gasteiger partial charge in [-0.1, -0.05) is 6.07 Å². The Hall–Kier alpha value is -2.15. The third kappa shape index (κ3) is 1.86. The Labute approximate surface area is 87.8 Å². The Kier molecular flexibility index (Phi) is 2.46. The van der Waals surface area contributed by atoms with Gasteiger partial charge in [0.1, 0.15) is 17.6 Å². The summed E-state index contributed by atoms with van der Waals surface area (Å²) in [4.78, 5) is 8.14. The molecular formula is C11H10N4. The average Bonchev–Trinajstić information content (AvgIpc) is 2.65. The molecule has 15 heavy (non-hydrogen) atoms. The summed E-state index contributed by atoms with van der Waals surface area (Å²) in [5.41, 5.74) is 1.40. The summed E-state index contributed by atoms with van der Waals surface area (Å²) in [6.45, 7) is 2.57. The highest BCUT2D eigenvalue weighted by molar-refractivity contribution is 5.30. The van der Waals surface area contributed by atoms with Crippen molar-refractivity contribution in [1.29, 1.82) is 5.26 Å². The molecule has 0 saturated carbocycles. The second-order valence-corrected chi connectivity index (χ2v) is 3.23. The van der Waals surface area contributed by atoms with E-state index < -0.39 is 0 Å². The molecule has 0 atom stereocenters. The summed E-state index contributed by atoms with van der Waals surface area (Å²) >= 11 is 0. The van der Waals surface area contributed by atoms with Crippen LogP contribution in [0.1, 0.15) is 17.1 Å². The van der Waals surface area contributed by atoms with E-state index in [4.69, 9.17) is 5.26 Å². The molecule has 4 nitrogen and oxygen atoms in total. The first-order valence-corrected chi connectivity index (χ1v) is 4.63. The Morgan fingerprint density at radius 3 is 2.93 bits per heavy atom. The van der Waals surface area contributed by atoms with Crippen LogP contribution in [-0.2, 0) is 6.54 Å². The van der Waals surface area contributed by atoms with Crippen LogP contribution in [0, 0.1) is 18.3 Å². The van der Waals surface area contributed by atoms with Gasteiger partial charge in [-0.15, -0.1) is 0 Å². The molecule has 0 amide bonds. The van der Waals surface area contributed by atoms with E-state index in [1.807, 2.05) is 29.8 Å². The maximum Gasteiger partial charge on any atom is 0.145 e. The first-order valence-electron chi connectivity index (χ1n) is 4.63. The van der Waals surface area contributed by atoms with Crippen molar-refractivity contribution >= 4 is 0 Å². The van der Waals surface area contributed by atoms with E-state index in [9.17, 15) is 0 Å². The molecule has 2 heterocycles. The third-order valence-corrected chi connectivity index (χ3v) is 2.26. The smallest absolute Gasteiger partial charge is 0.145 e. The normalized spacial score (nSPS) is 9.87. The molecule has 0 N–H and O–H groups in total. The van der Waals surface area contributed by atoms with Gasteiger partial charge in [0.2, 0.25) is 0 Å². The minimum absolute atomic E-state index is 0.477. The molecule has 0 spiro atoms. The predicted octanol–water partition coefficient (Wildman–Crippen LogP) is 1.51. The van der Waals surface area contributed by atoms with Crippen LogP contribution in [0.5, 0.6) is 0 Å². The van der Waals surface area contributed by atoms with Gasteiger partial charge in [-0.3, -0.25) is 0 Å². The molecule has 0 radical (unpaired) electrons. The molecule has 74 valence electrons. The second-order valence-electron chi connectivity index (χ2n) is 3.23. The molecule has 0 aromatic carbocycles. The summed E-state index contributed by atoms with van der Waals surface area (Å²) in [6, 6.07) is 5.83. The monoisotopic (exact) mass is 198 g/mol. The van der Waals surface area contributed by atoms with Crippen molar-refractivity contribution in [2.75, 3.05) is 0 Å². The highest BCUT2D eigenvalue weighted by Gasteiger charge is 2.04. The van der Waals surface area contributed by atoms with Crippen molar-refractivity contribution in [3.8, 4) is 6.07 Å². The quantitative estimate of drug-likeness (QED) is 0.734. The van der Waals surface area contributed by atoms with Crippen molar-refractivity contribution in [1.82, 2.24) is 14.5 Å². The van der Waals surface area contributed by atoms with Gasteiger partial charge in [-0.05, 0) is 13.0 Å². The number of pyridine rings is 1. The molecule has 2 aromatic rings. The highest BCUT2D eigenvalue weighted by Crippen LogP contribution is 2.07. The van der Waals surface area contributed by atoms with E-state index in [-0.39, 0.29) is 0 Å². The fraction of sp³-hybridized carbons (Fsp3) is 0.182. The van der Waals surface area contributed by atoms with Gasteiger partial charge in [-0.25, -0.2) is 9.97 Å². The SMILES string of the molecule is Cc1nccn1Cc1cccnc1C#N. The minimum atomic E-state index is 0.477. The Bertz CT molecular complexity index is 507. The van der Waals surface area contributed by atoms with Gasteiger partial charge >= 0.3 is 0 Å². The Morgan fingerprint density at radius 2 is 2.27 bits per heavy atom. The molecule has 0 unspecified atom stereocenters. The van der Waals surface area contributed by atoms with Crippen molar-refractivity contribution in [2.24, 2.45) is 0 Å². The average molecular weight is 198 g/mol. The predicted molar refractivity (Wildman–Crippen MR) is 55.0 cm³/mol. The number of hydrogen-bond donors (Lipinski definition) is 0. The zero-order valence-electron chi connectivity index (χ0n) is 8.38. The van der Waals surface area contributed by atoms with Gasteiger partial charge < -0.3 is 4.57 Å². The number of rotatable bonds is 2. The number of nitrogens with zero attached hydrogens (tertiary/aromatic N) is 4. The molecule has 0 bridgehead atoms. The number of aryl methyl sites for hydroxylation is 1. The fourth-order valence-electron chi connectivity index (χ4n) is 1.42. The van der Waals surface area contributed by atoms with Crippen LogP contribution < -0.4 is 0 Å². The summed E-state index contributed by atoms with van der Waals surface area (Å²) in [5, 5.41) is 8.88. The van der Waals surface area contributed by atoms with E-state index in [0.717, 1.165) is 11.4 Å². The second kappa shape index (κ2) is 3.93. The zero-order valence-corrected chi connectivity index (χ0v) is 8.38. The minimum Gasteiger partial charge on any atom is -0.331 e. The lowest BCUT2D eigenvalue weighted by atomic mass is 10.2. The maximum atomic E-state index is 8.88. The number of aromatic nitrogens is 3. The lowest BCUT2D eigenvalue weighted by Crippen LogP contribution is -2.03. The van der Waals surface area contributed by atoms with Gasteiger partial charge in [0.25, 0.3) is 0 Å². The van der Waals surface area contributed by atoms with E-state index in [1.54, 1.807) is 12.4 Å². The van der Waals surface area contributed by atoms with Crippen LogP contribution in [0.2, 0.25) is 0 Å². The topological polar surface area (TPSA) is 54.5 Å². The lowest BCUT2D eigenvalue weighted by Gasteiger charge is -2.05. The van der Waals surface area contributed by atoms with Gasteiger partial charge in [0.05, 0.1) is 6.54 Å². The van der Waals surface area contributed by atoms with E-state index in [1.165, 1.54) is 0 Å². The summed E-state index contributed by atoms with van der Waals surface area (Å²) < 4.78 is 1.98. The van der Waals surface area contributed by atoms with Crippen LogP contribution in [-0.4, -0.2) is 14.5 Å². The first-order chi connectivity index (χ1) is 7.31. The van der Waals surface area contributed by atoms with E-state index in [0.29, 0.717) is 12.2 Å². The molecule has 0 fully saturated rings. The highest BCUT2D eigenvalue weighted by atomic mass is 15.0. The van der Waals surface area contributed by atoms with Crippen LogP contribution in [0.25, 0.3) is 0 Å². The van der Waals surface area contributed by atoms with Gasteiger partial charge in [0, 0.05) is 24.2 Å². The van der Waals surface area contributed by atoms with Gasteiger partial charge in [0.15, 0.2) is 0 Å². The molecule has 4 heteroatoms. The fourth-order valence-corrected chi connectivity index (χ4v) is 1.42. The summed E-state index contributed by atoms with van der Waals surface area (Å²) in [6.07, 6.45) is 5.27. The molecule has 0 saturated heterocycles. The lowest BCUT2D eigenvalue weighted by molar-refractivity contribution is 0.756. The van der Waals surface area contributed by atoms with Crippen LogP contribution in [0.3, 0.4) is 0 Å². The molecular weight excluding hydrogens is 188 g/mol. The molecule has 0 aliphatic carbocycles. The third-order valence-electron chi connectivity index (χ3n) is 2.26. The maximum absolute atomic E-state index is 8.88. The van der Waals surface area contributed by atoms with Crippen LogP contribution in [0.4, 0.5) is 0 Å². The Morgan fingerprint density at radius 1 is 1.40 bits per heavy atom. The van der Waals surface area contributed by atoms with Crippen molar-refractivity contribution < 1.29 is 0 Å². The standard InChI is InChI=1S/C11H10N4/c1-9-13-5-6-15(9)8-10-3-2-4-14-11(10)7-12/h2-6H,8H2,1H3.